The van der Waals surface area contributed by atoms with Crippen LogP contribution in [-0.4, -0.2) is 44.9 Å². The highest BCUT2D eigenvalue weighted by atomic mass is 16.5. The van der Waals surface area contributed by atoms with Crippen molar-refractivity contribution >= 4 is 16.7 Å². The molecule has 0 saturated heterocycles. The second kappa shape index (κ2) is 9.12. The zero-order valence-electron chi connectivity index (χ0n) is 17.2. The molecule has 0 amide bonds. The number of aliphatic hydroxyl groups excluding tert-OH is 2. The molecule has 6 heteroatoms. The van der Waals surface area contributed by atoms with Gasteiger partial charge in [-0.2, -0.15) is 0 Å². The van der Waals surface area contributed by atoms with Crippen LogP contribution < -0.4 is 4.74 Å². The van der Waals surface area contributed by atoms with Crippen LogP contribution in [0.25, 0.3) is 10.9 Å². The summed E-state index contributed by atoms with van der Waals surface area (Å²) in [6.45, 7) is 1.98. The van der Waals surface area contributed by atoms with Crippen LogP contribution in [0.3, 0.4) is 0 Å². The van der Waals surface area contributed by atoms with E-state index >= 15 is 0 Å². The number of aryl methyl sites for hydroxylation is 1. The Labute approximate surface area is 180 Å². The standard InChI is InChI=1S/C25H24N2O4/c1-17-8-9-20(12-24(17)31-16-21(29)15-28)25(30)23-7-4-10-27(23)14-18-11-19-5-2-3-6-22(19)26-13-18/h2-13,21,28-29H,14-16H2,1H3. The van der Waals surface area contributed by atoms with Gasteiger partial charge < -0.3 is 19.5 Å². The predicted molar refractivity (Wildman–Crippen MR) is 118 cm³/mol. The molecule has 4 aromatic rings. The molecule has 1 atom stereocenters. The smallest absolute Gasteiger partial charge is 0.209 e. The summed E-state index contributed by atoms with van der Waals surface area (Å²) in [4.78, 5) is 17.7. The Balaban J connectivity index is 1.57. The Morgan fingerprint density at radius 2 is 1.97 bits per heavy atom. The van der Waals surface area contributed by atoms with E-state index in [4.69, 9.17) is 9.84 Å². The van der Waals surface area contributed by atoms with Crippen LogP contribution >= 0.6 is 0 Å². The number of nitrogens with zero attached hydrogens (tertiary/aromatic N) is 2. The van der Waals surface area contributed by atoms with E-state index < -0.39 is 6.10 Å². The third-order valence-electron chi connectivity index (χ3n) is 5.15. The normalized spacial score (nSPS) is 12.1. The number of rotatable bonds is 8. The first-order valence-corrected chi connectivity index (χ1v) is 10.1. The maximum absolute atomic E-state index is 13.2. The monoisotopic (exact) mass is 416 g/mol. The van der Waals surface area contributed by atoms with Gasteiger partial charge >= 0.3 is 0 Å². The Hall–Kier alpha value is -3.48. The minimum Gasteiger partial charge on any atom is -0.491 e. The number of carbonyl (C=O) groups is 1. The Bertz CT molecular complexity index is 1220. The van der Waals surface area contributed by atoms with Crippen molar-refractivity contribution in [3.05, 3.63) is 95.4 Å². The van der Waals surface area contributed by atoms with Gasteiger partial charge in [-0.1, -0.05) is 30.3 Å². The number of hydrogen-bond acceptors (Lipinski definition) is 5. The molecule has 2 heterocycles. The molecule has 0 saturated carbocycles. The fraction of sp³-hybridized carbons (Fsp3) is 0.200. The lowest BCUT2D eigenvalue weighted by molar-refractivity contribution is 0.0533. The van der Waals surface area contributed by atoms with E-state index in [1.807, 2.05) is 60.3 Å². The highest BCUT2D eigenvalue weighted by Gasteiger charge is 2.16. The molecule has 0 aliphatic rings. The third kappa shape index (κ3) is 4.66. The highest BCUT2D eigenvalue weighted by Crippen LogP contribution is 2.23. The molecule has 0 spiro atoms. The summed E-state index contributed by atoms with van der Waals surface area (Å²) in [6.07, 6.45) is 2.75. The van der Waals surface area contributed by atoms with Gasteiger partial charge in [-0.15, -0.1) is 0 Å². The molecule has 0 fully saturated rings. The highest BCUT2D eigenvalue weighted by molar-refractivity contribution is 6.08. The van der Waals surface area contributed by atoms with Gasteiger partial charge in [0.25, 0.3) is 0 Å². The topological polar surface area (TPSA) is 84.6 Å². The number of aliphatic hydroxyl groups is 2. The summed E-state index contributed by atoms with van der Waals surface area (Å²) in [5.41, 5.74) is 3.86. The molecule has 2 aromatic heterocycles. The average Bonchev–Trinajstić information content (AvgIpc) is 3.25. The van der Waals surface area contributed by atoms with Crippen molar-refractivity contribution in [3.63, 3.8) is 0 Å². The zero-order valence-corrected chi connectivity index (χ0v) is 17.2. The van der Waals surface area contributed by atoms with Crippen molar-refractivity contribution in [2.45, 2.75) is 19.6 Å². The number of benzene rings is 2. The maximum atomic E-state index is 13.2. The molecule has 0 aliphatic heterocycles. The first-order chi connectivity index (χ1) is 15.0. The Kier molecular flexibility index (Phi) is 6.11. The van der Waals surface area contributed by atoms with Gasteiger partial charge in [0.05, 0.1) is 17.8 Å². The average molecular weight is 416 g/mol. The van der Waals surface area contributed by atoms with Gasteiger partial charge in [0, 0.05) is 29.9 Å². The molecule has 4 rings (SSSR count). The second-order valence-corrected chi connectivity index (χ2v) is 7.51. The molecule has 158 valence electrons. The van der Waals surface area contributed by atoms with E-state index in [1.54, 1.807) is 18.2 Å². The predicted octanol–water partition coefficient (Wildman–Crippen LogP) is 3.36. The Morgan fingerprint density at radius 1 is 1.13 bits per heavy atom. The zero-order chi connectivity index (χ0) is 21.8. The summed E-state index contributed by atoms with van der Waals surface area (Å²) in [5, 5.41) is 19.6. The van der Waals surface area contributed by atoms with Crippen molar-refractivity contribution in [1.29, 1.82) is 0 Å². The molecule has 0 radical (unpaired) electrons. The lowest BCUT2D eigenvalue weighted by Gasteiger charge is -2.14. The van der Waals surface area contributed by atoms with Crippen LogP contribution in [0.1, 0.15) is 27.2 Å². The van der Waals surface area contributed by atoms with Crippen LogP contribution in [0.15, 0.2) is 73.1 Å². The molecule has 31 heavy (non-hydrogen) atoms. The van der Waals surface area contributed by atoms with Gasteiger partial charge in [-0.05, 0) is 48.4 Å². The molecular formula is C25H24N2O4. The van der Waals surface area contributed by atoms with E-state index in [2.05, 4.69) is 11.1 Å². The first kappa shape index (κ1) is 20.8. The maximum Gasteiger partial charge on any atom is 0.209 e. The van der Waals surface area contributed by atoms with Gasteiger partial charge in [0.2, 0.25) is 5.78 Å². The van der Waals surface area contributed by atoms with E-state index in [0.29, 0.717) is 23.6 Å². The number of fused-ring (bicyclic) bond motifs is 1. The van der Waals surface area contributed by atoms with Crippen molar-refractivity contribution in [3.8, 4) is 5.75 Å². The number of para-hydroxylation sites is 1. The summed E-state index contributed by atoms with van der Waals surface area (Å²) in [5.74, 6) is 0.390. The fourth-order valence-corrected chi connectivity index (χ4v) is 3.44. The van der Waals surface area contributed by atoms with Crippen LogP contribution in [-0.2, 0) is 6.54 Å². The summed E-state index contributed by atoms with van der Waals surface area (Å²) in [7, 11) is 0. The van der Waals surface area contributed by atoms with Crippen molar-refractivity contribution in [2.75, 3.05) is 13.2 Å². The number of carbonyl (C=O) groups excluding carboxylic acids is 1. The van der Waals surface area contributed by atoms with Gasteiger partial charge in [0.15, 0.2) is 0 Å². The van der Waals surface area contributed by atoms with Crippen molar-refractivity contribution in [1.82, 2.24) is 9.55 Å². The van der Waals surface area contributed by atoms with Gasteiger partial charge in [0.1, 0.15) is 18.5 Å². The summed E-state index contributed by atoms with van der Waals surface area (Å²) < 4.78 is 7.49. The second-order valence-electron chi connectivity index (χ2n) is 7.51. The van der Waals surface area contributed by atoms with Crippen LogP contribution in [0.5, 0.6) is 5.75 Å². The lowest BCUT2D eigenvalue weighted by atomic mass is 10.1. The molecule has 1 unspecified atom stereocenters. The largest absolute Gasteiger partial charge is 0.491 e. The molecule has 2 N–H and O–H groups in total. The van der Waals surface area contributed by atoms with E-state index in [0.717, 1.165) is 22.0 Å². The summed E-state index contributed by atoms with van der Waals surface area (Å²) >= 11 is 0. The minimum atomic E-state index is -0.966. The quantitative estimate of drug-likeness (QED) is 0.430. The number of pyridine rings is 1. The molecule has 0 aliphatic carbocycles. The SMILES string of the molecule is Cc1ccc(C(=O)c2cccn2Cc2cnc3ccccc3c2)cc1OCC(O)CO. The molecule has 2 aromatic carbocycles. The summed E-state index contributed by atoms with van der Waals surface area (Å²) in [6, 6.07) is 18.9. The van der Waals surface area contributed by atoms with Crippen LogP contribution in [0.4, 0.5) is 0 Å². The number of ketones is 1. The first-order valence-electron chi connectivity index (χ1n) is 10.1. The van der Waals surface area contributed by atoms with Crippen LogP contribution in [0, 0.1) is 6.92 Å². The number of ether oxygens (including phenoxy) is 1. The third-order valence-corrected chi connectivity index (χ3v) is 5.15. The van der Waals surface area contributed by atoms with E-state index in [1.165, 1.54) is 0 Å². The molecule has 0 bridgehead atoms. The number of hydrogen-bond donors (Lipinski definition) is 2. The molecular weight excluding hydrogens is 392 g/mol. The van der Waals surface area contributed by atoms with Crippen molar-refractivity contribution < 1.29 is 19.7 Å². The lowest BCUT2D eigenvalue weighted by Crippen LogP contribution is -2.21. The van der Waals surface area contributed by atoms with E-state index in [9.17, 15) is 9.90 Å². The van der Waals surface area contributed by atoms with Gasteiger partial charge in [-0.3, -0.25) is 9.78 Å². The fourth-order valence-electron chi connectivity index (χ4n) is 3.44. The molecule has 6 nitrogen and oxygen atoms in total. The number of aromatic nitrogens is 2. The Morgan fingerprint density at radius 3 is 2.81 bits per heavy atom. The van der Waals surface area contributed by atoms with E-state index in [-0.39, 0.29) is 19.0 Å². The van der Waals surface area contributed by atoms with Gasteiger partial charge in [-0.25, -0.2) is 0 Å². The van der Waals surface area contributed by atoms with Crippen molar-refractivity contribution in [2.24, 2.45) is 0 Å². The van der Waals surface area contributed by atoms with Crippen LogP contribution in [0.2, 0.25) is 0 Å². The minimum absolute atomic E-state index is 0.0413.